The molecule has 0 aliphatic heterocycles. The van der Waals surface area contributed by atoms with E-state index < -0.39 is 11.7 Å². The summed E-state index contributed by atoms with van der Waals surface area (Å²) in [6, 6.07) is 15.3. The zero-order chi connectivity index (χ0) is 18.9. The Balaban J connectivity index is 1.45. The number of benzene rings is 2. The van der Waals surface area contributed by atoms with Gasteiger partial charge in [-0.15, -0.1) is 0 Å². The van der Waals surface area contributed by atoms with E-state index in [0.717, 1.165) is 36.1 Å². The lowest BCUT2D eigenvalue weighted by atomic mass is 10.1. The van der Waals surface area contributed by atoms with E-state index >= 15 is 0 Å². The first-order chi connectivity index (χ1) is 13.0. The Morgan fingerprint density at radius 2 is 1.67 bits per heavy atom. The third-order valence-electron chi connectivity index (χ3n) is 4.57. The Morgan fingerprint density at radius 1 is 0.963 bits per heavy atom. The average Bonchev–Trinajstić information content (AvgIpc) is 3.41. The van der Waals surface area contributed by atoms with Crippen LogP contribution >= 0.6 is 0 Å². The molecule has 0 amide bonds. The Bertz CT molecular complexity index is 887. The molecule has 2 aromatic carbocycles. The monoisotopic (exact) mass is 373 g/mol. The summed E-state index contributed by atoms with van der Waals surface area (Å²) in [6.45, 7) is 1.03. The summed E-state index contributed by atoms with van der Waals surface area (Å²) >= 11 is 0. The quantitative estimate of drug-likeness (QED) is 0.615. The van der Waals surface area contributed by atoms with Gasteiger partial charge in [0, 0.05) is 18.2 Å². The van der Waals surface area contributed by atoms with Gasteiger partial charge in [-0.25, -0.2) is 0 Å². The summed E-state index contributed by atoms with van der Waals surface area (Å²) < 4.78 is 43.5. The first-order valence-electron chi connectivity index (χ1n) is 8.77. The van der Waals surface area contributed by atoms with E-state index in [1.54, 1.807) is 0 Å². The van der Waals surface area contributed by atoms with Gasteiger partial charge >= 0.3 is 6.18 Å². The first kappa shape index (κ1) is 17.7. The van der Waals surface area contributed by atoms with Crippen LogP contribution in [0.15, 0.2) is 59.1 Å². The molecule has 0 radical (unpaired) electrons. The predicted octanol–water partition coefficient (Wildman–Crippen LogP) is 4.92. The second-order valence-electron chi connectivity index (χ2n) is 6.71. The minimum atomic E-state index is -4.31. The van der Waals surface area contributed by atoms with Crippen LogP contribution in [-0.4, -0.2) is 21.1 Å². The molecular weight excluding hydrogens is 355 g/mol. The van der Waals surface area contributed by atoms with Gasteiger partial charge < -0.3 is 4.52 Å². The van der Waals surface area contributed by atoms with Crippen LogP contribution in [0.2, 0.25) is 0 Å². The molecule has 1 heterocycles. The maximum Gasteiger partial charge on any atom is 0.416 e. The van der Waals surface area contributed by atoms with Crippen LogP contribution < -0.4 is 0 Å². The molecule has 0 atom stereocenters. The van der Waals surface area contributed by atoms with Crippen LogP contribution in [0.3, 0.4) is 0 Å². The highest BCUT2D eigenvalue weighted by atomic mass is 19.4. The van der Waals surface area contributed by atoms with Crippen molar-refractivity contribution in [3.8, 4) is 11.4 Å². The molecule has 7 heteroatoms. The third kappa shape index (κ3) is 4.36. The minimum absolute atomic E-state index is 0.402. The van der Waals surface area contributed by atoms with Crippen LogP contribution in [-0.2, 0) is 19.3 Å². The first-order valence-corrected chi connectivity index (χ1v) is 8.77. The number of alkyl halides is 3. The molecule has 0 spiro atoms. The van der Waals surface area contributed by atoms with Crippen molar-refractivity contribution in [1.82, 2.24) is 15.0 Å². The van der Waals surface area contributed by atoms with Gasteiger partial charge in [-0.05, 0) is 30.5 Å². The summed E-state index contributed by atoms with van der Waals surface area (Å²) in [5.41, 5.74) is 1.08. The normalized spacial score (nSPS) is 14.7. The largest absolute Gasteiger partial charge is 0.416 e. The average molecular weight is 373 g/mol. The minimum Gasteiger partial charge on any atom is -0.338 e. The molecule has 27 heavy (non-hydrogen) atoms. The third-order valence-corrected chi connectivity index (χ3v) is 4.57. The van der Waals surface area contributed by atoms with E-state index in [4.69, 9.17) is 4.52 Å². The van der Waals surface area contributed by atoms with Crippen LogP contribution in [0, 0.1) is 0 Å². The predicted molar refractivity (Wildman–Crippen MR) is 93.4 cm³/mol. The van der Waals surface area contributed by atoms with Crippen molar-refractivity contribution in [1.29, 1.82) is 0 Å². The number of hydrogen-bond acceptors (Lipinski definition) is 4. The summed E-state index contributed by atoms with van der Waals surface area (Å²) in [4.78, 5) is 6.62. The molecule has 0 bridgehead atoms. The molecule has 0 unspecified atom stereocenters. The van der Waals surface area contributed by atoms with Gasteiger partial charge in [0.25, 0.3) is 0 Å². The van der Waals surface area contributed by atoms with Crippen molar-refractivity contribution in [2.75, 3.05) is 0 Å². The molecule has 1 aromatic heterocycles. The Kier molecular flexibility index (Phi) is 4.70. The highest BCUT2D eigenvalue weighted by molar-refractivity contribution is 5.53. The SMILES string of the molecule is FC(F)(F)c1ccc(CN(Cc2nc(-c3ccccc3)no2)C2CC2)cc1. The molecule has 1 aliphatic carbocycles. The lowest BCUT2D eigenvalue weighted by Gasteiger charge is -2.20. The molecule has 1 aliphatic rings. The molecule has 1 saturated carbocycles. The lowest BCUT2D eigenvalue weighted by molar-refractivity contribution is -0.137. The van der Waals surface area contributed by atoms with Gasteiger partial charge in [-0.1, -0.05) is 47.6 Å². The van der Waals surface area contributed by atoms with Gasteiger partial charge in [0.1, 0.15) is 0 Å². The van der Waals surface area contributed by atoms with Crippen LogP contribution in [0.25, 0.3) is 11.4 Å². The van der Waals surface area contributed by atoms with Crippen molar-refractivity contribution in [3.05, 3.63) is 71.6 Å². The summed E-state index contributed by atoms with van der Waals surface area (Å²) in [5, 5.41) is 4.03. The fraction of sp³-hybridized carbons (Fsp3) is 0.300. The van der Waals surface area contributed by atoms with Crippen LogP contribution in [0.5, 0.6) is 0 Å². The second kappa shape index (κ2) is 7.15. The number of nitrogens with zero attached hydrogens (tertiary/aromatic N) is 3. The van der Waals surface area contributed by atoms with E-state index in [0.29, 0.717) is 30.8 Å². The molecule has 4 nitrogen and oxygen atoms in total. The van der Waals surface area contributed by atoms with Crippen LogP contribution in [0.1, 0.15) is 29.9 Å². The fourth-order valence-electron chi connectivity index (χ4n) is 2.98. The second-order valence-corrected chi connectivity index (χ2v) is 6.71. The Hall–Kier alpha value is -2.67. The maximum atomic E-state index is 12.7. The van der Waals surface area contributed by atoms with Crippen molar-refractivity contribution in [2.45, 2.75) is 38.1 Å². The maximum absolute atomic E-state index is 12.7. The Labute approximate surface area is 154 Å². The van der Waals surface area contributed by atoms with Crippen molar-refractivity contribution in [2.24, 2.45) is 0 Å². The van der Waals surface area contributed by atoms with E-state index in [1.165, 1.54) is 12.1 Å². The number of hydrogen-bond donors (Lipinski definition) is 0. The summed E-state index contributed by atoms with van der Waals surface area (Å²) in [5.74, 6) is 1.04. The van der Waals surface area contributed by atoms with Gasteiger partial charge in [0.2, 0.25) is 11.7 Å². The molecule has 0 N–H and O–H groups in total. The molecule has 140 valence electrons. The molecule has 1 fully saturated rings. The van der Waals surface area contributed by atoms with Crippen molar-refractivity contribution >= 4 is 0 Å². The van der Waals surface area contributed by atoms with Gasteiger partial charge in [-0.2, -0.15) is 18.2 Å². The zero-order valence-corrected chi connectivity index (χ0v) is 14.5. The van der Waals surface area contributed by atoms with Crippen molar-refractivity contribution in [3.63, 3.8) is 0 Å². The smallest absolute Gasteiger partial charge is 0.338 e. The van der Waals surface area contributed by atoms with Gasteiger partial charge in [-0.3, -0.25) is 4.90 Å². The molecule has 0 saturated heterocycles. The van der Waals surface area contributed by atoms with Gasteiger partial charge in [0.15, 0.2) is 0 Å². The summed E-state index contributed by atoms with van der Waals surface area (Å²) in [6.07, 6.45) is -2.17. The number of halogens is 3. The van der Waals surface area contributed by atoms with E-state index in [1.807, 2.05) is 30.3 Å². The zero-order valence-electron chi connectivity index (χ0n) is 14.5. The number of rotatable bonds is 6. The van der Waals surface area contributed by atoms with Crippen LogP contribution in [0.4, 0.5) is 13.2 Å². The van der Waals surface area contributed by atoms with Crippen molar-refractivity contribution < 1.29 is 17.7 Å². The highest BCUT2D eigenvalue weighted by Gasteiger charge is 2.32. The molecular formula is C20H18F3N3O. The summed E-state index contributed by atoms with van der Waals surface area (Å²) in [7, 11) is 0. The molecule has 4 rings (SSSR count). The lowest BCUT2D eigenvalue weighted by Crippen LogP contribution is -2.25. The highest BCUT2D eigenvalue weighted by Crippen LogP contribution is 2.32. The van der Waals surface area contributed by atoms with E-state index in [2.05, 4.69) is 15.0 Å². The number of aromatic nitrogens is 2. The van der Waals surface area contributed by atoms with E-state index in [-0.39, 0.29) is 0 Å². The Morgan fingerprint density at radius 3 is 2.30 bits per heavy atom. The fourth-order valence-corrected chi connectivity index (χ4v) is 2.98. The molecule has 3 aromatic rings. The van der Waals surface area contributed by atoms with E-state index in [9.17, 15) is 13.2 Å². The van der Waals surface area contributed by atoms with Gasteiger partial charge in [0.05, 0.1) is 12.1 Å². The standard InChI is InChI=1S/C20H18F3N3O/c21-20(22,23)16-8-6-14(7-9-16)12-26(17-10-11-17)13-18-24-19(25-27-18)15-4-2-1-3-5-15/h1-9,17H,10-13H2. The topological polar surface area (TPSA) is 42.2 Å².